The van der Waals surface area contributed by atoms with Gasteiger partial charge in [-0.2, -0.15) is 5.26 Å². The first-order valence-corrected chi connectivity index (χ1v) is 10.6. The van der Waals surface area contributed by atoms with Crippen LogP contribution in [0.2, 0.25) is 0 Å². The molecule has 1 aliphatic heterocycles. The summed E-state index contributed by atoms with van der Waals surface area (Å²) in [6, 6.07) is 12.7. The van der Waals surface area contributed by atoms with Gasteiger partial charge in [0.1, 0.15) is 0 Å². The van der Waals surface area contributed by atoms with Gasteiger partial charge in [0.05, 0.1) is 24.3 Å². The third kappa shape index (κ3) is 3.69. The molecule has 3 aromatic rings. The molecule has 5 heteroatoms. The number of nitriles is 1. The minimum Gasteiger partial charge on any atom is -0.394 e. The van der Waals surface area contributed by atoms with Crippen LogP contribution in [0.5, 0.6) is 0 Å². The van der Waals surface area contributed by atoms with Crippen molar-refractivity contribution in [3.8, 4) is 17.2 Å². The Morgan fingerprint density at radius 3 is 2.80 bits per heavy atom. The third-order valence-electron chi connectivity index (χ3n) is 6.20. The maximum Gasteiger partial charge on any atom is 0.0994 e. The van der Waals surface area contributed by atoms with E-state index >= 15 is 0 Å². The fourth-order valence-corrected chi connectivity index (χ4v) is 4.43. The number of hydrogen-bond donors (Lipinski definition) is 3. The molecular weight excluding hydrogens is 374 g/mol. The van der Waals surface area contributed by atoms with E-state index in [4.69, 9.17) is 0 Å². The summed E-state index contributed by atoms with van der Waals surface area (Å²) in [6.45, 7) is 6.76. The SMILES string of the molecule is Cc1cc2c(cc1C#N)c(-c1cccc3c1CCC(C)(C)N3)cn2CCC(O)CO. The summed E-state index contributed by atoms with van der Waals surface area (Å²) < 4.78 is 2.14. The van der Waals surface area contributed by atoms with E-state index in [9.17, 15) is 15.5 Å². The van der Waals surface area contributed by atoms with Crippen LogP contribution in [0.3, 0.4) is 0 Å². The molecule has 1 aliphatic rings. The van der Waals surface area contributed by atoms with Crippen molar-refractivity contribution in [2.75, 3.05) is 11.9 Å². The minimum absolute atomic E-state index is 0.0745. The van der Waals surface area contributed by atoms with Crippen molar-refractivity contribution in [1.82, 2.24) is 4.57 Å². The van der Waals surface area contributed by atoms with Gasteiger partial charge in [0.2, 0.25) is 0 Å². The molecular formula is C25H29N3O2. The number of nitrogens with one attached hydrogen (secondary N) is 1. The number of nitrogens with zero attached hydrogens (tertiary/aromatic N) is 2. The summed E-state index contributed by atoms with van der Waals surface area (Å²) in [6.07, 6.45) is 3.92. The van der Waals surface area contributed by atoms with E-state index in [1.54, 1.807) is 0 Å². The summed E-state index contributed by atoms with van der Waals surface area (Å²) in [5.41, 5.74) is 7.53. The minimum atomic E-state index is -0.735. The zero-order valence-corrected chi connectivity index (χ0v) is 17.9. The predicted molar refractivity (Wildman–Crippen MR) is 121 cm³/mol. The van der Waals surface area contributed by atoms with E-state index in [0.717, 1.165) is 34.9 Å². The number of anilines is 1. The highest BCUT2D eigenvalue weighted by Crippen LogP contribution is 2.40. The predicted octanol–water partition coefficient (Wildman–Crippen LogP) is 4.37. The van der Waals surface area contributed by atoms with Crippen molar-refractivity contribution in [2.24, 2.45) is 0 Å². The summed E-state index contributed by atoms with van der Waals surface area (Å²) in [7, 11) is 0. The summed E-state index contributed by atoms with van der Waals surface area (Å²) in [4.78, 5) is 0. The first-order chi connectivity index (χ1) is 14.3. The van der Waals surface area contributed by atoms with Crippen LogP contribution >= 0.6 is 0 Å². The van der Waals surface area contributed by atoms with Gasteiger partial charge in [-0.05, 0) is 74.9 Å². The number of hydrogen-bond acceptors (Lipinski definition) is 4. The largest absolute Gasteiger partial charge is 0.394 e. The molecule has 0 amide bonds. The first-order valence-electron chi connectivity index (χ1n) is 10.6. The van der Waals surface area contributed by atoms with Crippen molar-refractivity contribution < 1.29 is 10.2 Å². The van der Waals surface area contributed by atoms with Crippen LogP contribution in [0.25, 0.3) is 22.0 Å². The van der Waals surface area contributed by atoms with Gasteiger partial charge in [-0.1, -0.05) is 12.1 Å². The van der Waals surface area contributed by atoms with E-state index in [0.29, 0.717) is 18.5 Å². The summed E-state index contributed by atoms with van der Waals surface area (Å²) in [5.74, 6) is 0. The van der Waals surface area contributed by atoms with Gasteiger partial charge in [-0.15, -0.1) is 0 Å². The van der Waals surface area contributed by atoms with Crippen molar-refractivity contribution in [2.45, 2.75) is 58.2 Å². The second-order valence-electron chi connectivity index (χ2n) is 9.00. The van der Waals surface area contributed by atoms with Crippen LogP contribution in [-0.4, -0.2) is 33.0 Å². The number of aromatic nitrogens is 1. The molecule has 156 valence electrons. The van der Waals surface area contributed by atoms with E-state index in [1.807, 2.05) is 13.0 Å². The molecule has 1 unspecified atom stereocenters. The molecule has 1 aromatic heterocycles. The highest BCUT2D eigenvalue weighted by atomic mass is 16.3. The van der Waals surface area contributed by atoms with Crippen molar-refractivity contribution in [3.63, 3.8) is 0 Å². The molecule has 0 radical (unpaired) electrons. The Balaban J connectivity index is 1.88. The maximum atomic E-state index is 9.84. The van der Waals surface area contributed by atoms with E-state index in [1.165, 1.54) is 16.8 Å². The third-order valence-corrected chi connectivity index (χ3v) is 6.20. The topological polar surface area (TPSA) is 81.2 Å². The molecule has 0 fully saturated rings. The monoisotopic (exact) mass is 403 g/mol. The van der Waals surface area contributed by atoms with Crippen LogP contribution in [-0.2, 0) is 13.0 Å². The van der Waals surface area contributed by atoms with Crippen LogP contribution in [0.15, 0.2) is 36.5 Å². The zero-order chi connectivity index (χ0) is 21.5. The highest BCUT2D eigenvalue weighted by molar-refractivity contribution is 5.99. The van der Waals surface area contributed by atoms with Gasteiger partial charge in [0.15, 0.2) is 0 Å². The molecule has 3 N–H and O–H groups in total. The zero-order valence-electron chi connectivity index (χ0n) is 17.9. The van der Waals surface area contributed by atoms with Crippen molar-refractivity contribution in [1.29, 1.82) is 5.26 Å². The summed E-state index contributed by atoms with van der Waals surface area (Å²) >= 11 is 0. The lowest BCUT2D eigenvalue weighted by atomic mass is 9.85. The number of fused-ring (bicyclic) bond motifs is 2. The van der Waals surface area contributed by atoms with Crippen LogP contribution < -0.4 is 5.32 Å². The number of aryl methyl sites for hydroxylation is 2. The fourth-order valence-electron chi connectivity index (χ4n) is 4.43. The lowest BCUT2D eigenvalue weighted by Gasteiger charge is -2.34. The Kier molecular flexibility index (Phi) is 5.31. The number of aliphatic hydroxyl groups excluding tert-OH is 2. The van der Waals surface area contributed by atoms with Gasteiger partial charge in [0, 0.05) is 40.4 Å². The van der Waals surface area contributed by atoms with E-state index in [-0.39, 0.29) is 12.1 Å². The fraction of sp³-hybridized carbons (Fsp3) is 0.400. The van der Waals surface area contributed by atoms with Crippen LogP contribution in [0.1, 0.15) is 43.4 Å². The molecule has 0 saturated carbocycles. The molecule has 0 aliphatic carbocycles. The van der Waals surface area contributed by atoms with E-state index < -0.39 is 6.10 Å². The van der Waals surface area contributed by atoms with Gasteiger partial charge in [0.25, 0.3) is 0 Å². The Morgan fingerprint density at radius 2 is 2.07 bits per heavy atom. The number of aliphatic hydroxyl groups is 2. The quantitative estimate of drug-likeness (QED) is 0.591. The molecule has 30 heavy (non-hydrogen) atoms. The Hall–Kier alpha value is -2.81. The smallest absolute Gasteiger partial charge is 0.0994 e. The highest BCUT2D eigenvalue weighted by Gasteiger charge is 2.26. The molecule has 5 nitrogen and oxygen atoms in total. The Labute approximate surface area is 177 Å². The molecule has 0 bridgehead atoms. The molecule has 2 heterocycles. The molecule has 4 rings (SSSR count). The van der Waals surface area contributed by atoms with Gasteiger partial charge in [-0.25, -0.2) is 0 Å². The second-order valence-corrected chi connectivity index (χ2v) is 9.00. The van der Waals surface area contributed by atoms with Crippen molar-refractivity contribution >= 4 is 16.6 Å². The lowest BCUT2D eigenvalue weighted by molar-refractivity contribution is 0.0849. The number of rotatable bonds is 5. The maximum absolute atomic E-state index is 9.84. The lowest BCUT2D eigenvalue weighted by Crippen LogP contribution is -2.35. The molecule has 2 aromatic carbocycles. The Morgan fingerprint density at radius 1 is 1.27 bits per heavy atom. The average Bonchev–Trinajstić information content (AvgIpc) is 3.07. The molecule has 0 spiro atoms. The van der Waals surface area contributed by atoms with Crippen LogP contribution in [0.4, 0.5) is 5.69 Å². The van der Waals surface area contributed by atoms with Gasteiger partial charge in [-0.3, -0.25) is 0 Å². The average molecular weight is 404 g/mol. The summed E-state index contributed by atoms with van der Waals surface area (Å²) in [5, 5.41) is 33.3. The second kappa shape index (κ2) is 7.79. The molecule has 1 atom stereocenters. The van der Waals surface area contributed by atoms with Gasteiger partial charge < -0.3 is 20.1 Å². The van der Waals surface area contributed by atoms with E-state index in [2.05, 4.69) is 60.3 Å². The standard InChI is InChI=1S/C25H29N3O2/c1-16-11-24-21(12-17(16)13-26)22(14-28(24)10-8-18(30)15-29)19-5-4-6-23-20(19)7-9-25(2,3)27-23/h4-6,11-12,14,18,27,29-30H,7-10,15H2,1-3H3. The van der Waals surface area contributed by atoms with Gasteiger partial charge >= 0.3 is 0 Å². The Bertz CT molecular complexity index is 1140. The normalized spacial score (nSPS) is 16.0. The number of benzene rings is 2. The van der Waals surface area contributed by atoms with Crippen molar-refractivity contribution in [3.05, 3.63) is 53.2 Å². The van der Waals surface area contributed by atoms with Crippen LogP contribution in [0, 0.1) is 18.3 Å². The molecule has 0 saturated heterocycles. The first kappa shape index (κ1) is 20.5.